The van der Waals surface area contributed by atoms with E-state index in [-0.39, 0.29) is 18.1 Å². The zero-order valence-electron chi connectivity index (χ0n) is 12.5. The lowest BCUT2D eigenvalue weighted by Crippen LogP contribution is -2.21. The number of amides is 1. The number of rotatable bonds is 5. The molecule has 2 heterocycles. The van der Waals surface area contributed by atoms with Crippen molar-refractivity contribution in [2.24, 2.45) is 0 Å². The second kappa shape index (κ2) is 6.61. The van der Waals surface area contributed by atoms with E-state index in [1.54, 1.807) is 13.1 Å². The van der Waals surface area contributed by atoms with Gasteiger partial charge < -0.3 is 10.1 Å². The number of hydrogen-bond acceptors (Lipinski definition) is 5. The molecule has 0 unspecified atom stereocenters. The maximum atomic E-state index is 12.1. The van der Waals surface area contributed by atoms with Crippen molar-refractivity contribution in [3.63, 3.8) is 0 Å². The summed E-state index contributed by atoms with van der Waals surface area (Å²) >= 11 is 5.89. The maximum absolute atomic E-state index is 12.1. The normalized spacial score (nSPS) is 10.5. The fourth-order valence-electron chi connectivity index (χ4n) is 1.83. The predicted molar refractivity (Wildman–Crippen MR) is 79.8 cm³/mol. The number of nitrogens with zero attached hydrogens (tertiary/aromatic N) is 4. The number of aromatic nitrogens is 4. The Morgan fingerprint density at radius 2 is 2.18 bits per heavy atom. The monoisotopic (exact) mass is 325 g/mol. The van der Waals surface area contributed by atoms with Crippen molar-refractivity contribution in [2.75, 3.05) is 12.4 Å². The van der Waals surface area contributed by atoms with Gasteiger partial charge in [-0.3, -0.25) is 14.2 Å². The number of ether oxygens (including phenoxy) is 1. The van der Waals surface area contributed by atoms with Crippen LogP contribution in [-0.4, -0.2) is 38.5 Å². The van der Waals surface area contributed by atoms with Crippen LogP contribution in [0.3, 0.4) is 0 Å². The summed E-state index contributed by atoms with van der Waals surface area (Å²) in [5.74, 6) is -0.954. The summed E-state index contributed by atoms with van der Waals surface area (Å²) in [6, 6.07) is 0. The molecule has 0 bridgehead atoms. The van der Waals surface area contributed by atoms with Crippen LogP contribution in [0.5, 0.6) is 0 Å². The summed E-state index contributed by atoms with van der Waals surface area (Å²) in [7, 11) is 1.26. The third-order valence-electron chi connectivity index (χ3n) is 3.08. The Kier molecular flexibility index (Phi) is 4.81. The lowest BCUT2D eigenvalue weighted by atomic mass is 10.3. The molecule has 2 aromatic heterocycles. The topological polar surface area (TPSA) is 91.0 Å². The van der Waals surface area contributed by atoms with Crippen LogP contribution in [0.2, 0.25) is 5.02 Å². The molecular weight excluding hydrogens is 310 g/mol. The summed E-state index contributed by atoms with van der Waals surface area (Å²) in [6.45, 7) is 4.18. The van der Waals surface area contributed by atoms with Gasteiger partial charge in [-0.25, -0.2) is 4.79 Å². The van der Waals surface area contributed by atoms with Crippen LogP contribution in [0.25, 0.3) is 0 Å². The van der Waals surface area contributed by atoms with Crippen LogP contribution in [0.4, 0.5) is 5.69 Å². The van der Waals surface area contributed by atoms with E-state index in [0.717, 1.165) is 0 Å². The van der Waals surface area contributed by atoms with Crippen molar-refractivity contribution in [1.29, 1.82) is 0 Å². The predicted octanol–water partition coefficient (Wildman–Crippen LogP) is 1.49. The molecule has 8 nitrogen and oxygen atoms in total. The first-order valence-electron chi connectivity index (χ1n) is 6.59. The fourth-order valence-corrected chi connectivity index (χ4v) is 1.97. The van der Waals surface area contributed by atoms with Gasteiger partial charge in [-0.1, -0.05) is 11.6 Å². The highest BCUT2D eigenvalue weighted by Crippen LogP contribution is 2.16. The van der Waals surface area contributed by atoms with Gasteiger partial charge in [-0.2, -0.15) is 10.2 Å². The Labute approximate surface area is 132 Å². The summed E-state index contributed by atoms with van der Waals surface area (Å²) in [6.07, 6.45) is 3.05. The van der Waals surface area contributed by atoms with Crippen LogP contribution in [0, 0.1) is 6.92 Å². The summed E-state index contributed by atoms with van der Waals surface area (Å²) < 4.78 is 7.67. The Bertz CT molecular complexity index is 707. The molecule has 118 valence electrons. The first kappa shape index (κ1) is 16.0. The SMILES string of the molecule is CCn1cc(NC(=O)Cn2ncc(Cl)c2C)c(C(=O)OC)n1. The van der Waals surface area contributed by atoms with Crippen LogP contribution < -0.4 is 5.32 Å². The van der Waals surface area contributed by atoms with Gasteiger partial charge in [0.25, 0.3) is 0 Å². The summed E-state index contributed by atoms with van der Waals surface area (Å²) in [5, 5.41) is 11.2. The number of carbonyl (C=O) groups is 2. The number of methoxy groups -OCH3 is 1. The molecule has 0 atom stereocenters. The Morgan fingerprint density at radius 1 is 1.45 bits per heavy atom. The van der Waals surface area contributed by atoms with E-state index in [2.05, 4.69) is 20.3 Å². The first-order valence-corrected chi connectivity index (χ1v) is 6.97. The largest absolute Gasteiger partial charge is 0.464 e. The molecule has 1 N–H and O–H groups in total. The second-order valence-electron chi connectivity index (χ2n) is 4.52. The molecule has 1 amide bonds. The maximum Gasteiger partial charge on any atom is 0.360 e. The number of aryl methyl sites for hydroxylation is 1. The lowest BCUT2D eigenvalue weighted by molar-refractivity contribution is -0.116. The van der Waals surface area contributed by atoms with E-state index in [9.17, 15) is 9.59 Å². The average molecular weight is 326 g/mol. The number of nitrogens with one attached hydrogen (secondary N) is 1. The van der Waals surface area contributed by atoms with Gasteiger partial charge in [0.2, 0.25) is 5.91 Å². The van der Waals surface area contributed by atoms with Crippen molar-refractivity contribution in [1.82, 2.24) is 19.6 Å². The molecule has 2 rings (SSSR count). The smallest absolute Gasteiger partial charge is 0.360 e. The van der Waals surface area contributed by atoms with Gasteiger partial charge in [-0.15, -0.1) is 0 Å². The van der Waals surface area contributed by atoms with E-state index >= 15 is 0 Å². The fraction of sp³-hybridized carbons (Fsp3) is 0.385. The van der Waals surface area contributed by atoms with Crippen molar-refractivity contribution in [3.05, 3.63) is 28.8 Å². The van der Waals surface area contributed by atoms with Crippen LogP contribution in [0.15, 0.2) is 12.4 Å². The standard InChI is InChI=1S/C13H16ClN5O3/c1-4-18-6-10(12(17-18)13(21)22-3)16-11(20)7-19-8(2)9(14)5-15-19/h5-6H,4,7H2,1-3H3,(H,16,20). The third-order valence-corrected chi connectivity index (χ3v) is 3.45. The van der Waals surface area contributed by atoms with Gasteiger partial charge in [0.15, 0.2) is 5.69 Å². The van der Waals surface area contributed by atoms with Crippen LogP contribution in [-0.2, 0) is 22.6 Å². The average Bonchev–Trinajstić information content (AvgIpc) is 3.04. The Balaban J connectivity index is 2.15. The molecule has 0 saturated heterocycles. The Hall–Kier alpha value is -2.35. The molecule has 0 aliphatic carbocycles. The minimum Gasteiger partial charge on any atom is -0.464 e. The molecule has 0 aliphatic heterocycles. The van der Waals surface area contributed by atoms with Crippen molar-refractivity contribution in [3.8, 4) is 0 Å². The molecule has 22 heavy (non-hydrogen) atoms. The molecule has 0 spiro atoms. The molecule has 0 radical (unpaired) electrons. The van der Waals surface area contributed by atoms with E-state index in [4.69, 9.17) is 11.6 Å². The minimum atomic E-state index is -0.610. The van der Waals surface area contributed by atoms with Gasteiger partial charge in [0.1, 0.15) is 6.54 Å². The van der Waals surface area contributed by atoms with E-state index in [1.807, 2.05) is 6.92 Å². The molecular formula is C13H16ClN5O3. The van der Waals surface area contributed by atoms with Gasteiger partial charge in [0.05, 0.1) is 29.7 Å². The van der Waals surface area contributed by atoms with Crippen molar-refractivity contribution >= 4 is 29.2 Å². The third kappa shape index (κ3) is 3.28. The number of hydrogen-bond donors (Lipinski definition) is 1. The molecule has 0 aliphatic rings. The van der Waals surface area contributed by atoms with Gasteiger partial charge >= 0.3 is 5.97 Å². The van der Waals surface area contributed by atoms with Crippen molar-refractivity contribution < 1.29 is 14.3 Å². The zero-order chi connectivity index (χ0) is 16.3. The van der Waals surface area contributed by atoms with E-state index < -0.39 is 5.97 Å². The van der Waals surface area contributed by atoms with E-state index in [1.165, 1.54) is 22.7 Å². The van der Waals surface area contributed by atoms with Gasteiger partial charge in [0, 0.05) is 12.7 Å². The molecule has 2 aromatic rings. The highest BCUT2D eigenvalue weighted by molar-refractivity contribution is 6.31. The van der Waals surface area contributed by atoms with Crippen molar-refractivity contribution in [2.45, 2.75) is 26.9 Å². The zero-order valence-corrected chi connectivity index (χ0v) is 13.2. The lowest BCUT2D eigenvalue weighted by Gasteiger charge is -2.06. The highest BCUT2D eigenvalue weighted by atomic mass is 35.5. The molecule has 0 fully saturated rings. The second-order valence-corrected chi connectivity index (χ2v) is 4.93. The van der Waals surface area contributed by atoms with Gasteiger partial charge in [-0.05, 0) is 13.8 Å². The molecule has 0 saturated carbocycles. The molecule has 9 heteroatoms. The first-order chi connectivity index (χ1) is 10.5. The highest BCUT2D eigenvalue weighted by Gasteiger charge is 2.19. The number of esters is 1. The number of carbonyl (C=O) groups excluding carboxylic acids is 2. The Morgan fingerprint density at radius 3 is 2.73 bits per heavy atom. The summed E-state index contributed by atoms with van der Waals surface area (Å²) in [5.41, 5.74) is 1.05. The van der Waals surface area contributed by atoms with Crippen LogP contribution >= 0.6 is 11.6 Å². The summed E-state index contributed by atoms with van der Waals surface area (Å²) in [4.78, 5) is 23.8. The minimum absolute atomic E-state index is 0.0174. The van der Waals surface area contributed by atoms with E-state index in [0.29, 0.717) is 22.9 Å². The number of anilines is 1. The number of halogens is 1. The quantitative estimate of drug-likeness (QED) is 0.841. The van der Waals surface area contributed by atoms with Crippen LogP contribution in [0.1, 0.15) is 23.1 Å². The molecule has 0 aromatic carbocycles.